The third-order valence-corrected chi connectivity index (χ3v) is 4.43. The molecule has 1 heterocycles. The van der Waals surface area contributed by atoms with Crippen LogP contribution in [0.5, 0.6) is 5.75 Å². The highest BCUT2D eigenvalue weighted by molar-refractivity contribution is 5.91. The number of halogens is 6. The van der Waals surface area contributed by atoms with Crippen LogP contribution in [0.2, 0.25) is 0 Å². The van der Waals surface area contributed by atoms with Gasteiger partial charge in [-0.15, -0.1) is 0 Å². The Bertz CT molecular complexity index is 1210. The van der Waals surface area contributed by atoms with E-state index in [1.165, 1.54) is 31.4 Å². The van der Waals surface area contributed by atoms with Crippen LogP contribution in [0.3, 0.4) is 0 Å². The molecule has 36 heavy (non-hydrogen) atoms. The van der Waals surface area contributed by atoms with Crippen molar-refractivity contribution in [2.45, 2.75) is 18.9 Å². The predicted octanol–water partition coefficient (Wildman–Crippen LogP) is 4.86. The maximum Gasteiger partial charge on any atom is 0.490 e. The van der Waals surface area contributed by atoms with Gasteiger partial charge in [0.1, 0.15) is 5.75 Å². The molecule has 7 nitrogen and oxygen atoms in total. The lowest BCUT2D eigenvalue weighted by Crippen LogP contribution is -2.22. The van der Waals surface area contributed by atoms with E-state index in [2.05, 4.69) is 10.3 Å². The van der Waals surface area contributed by atoms with E-state index in [0.29, 0.717) is 11.3 Å². The number of carbonyl (C=O) groups is 2. The smallest absolute Gasteiger partial charge is 0.490 e. The quantitative estimate of drug-likeness (QED) is 0.361. The van der Waals surface area contributed by atoms with Gasteiger partial charge >= 0.3 is 18.3 Å². The van der Waals surface area contributed by atoms with Crippen LogP contribution < -0.4 is 10.1 Å². The number of carboxylic acids is 1. The van der Waals surface area contributed by atoms with E-state index in [9.17, 15) is 31.1 Å². The highest BCUT2D eigenvalue weighted by atomic mass is 19.4. The van der Waals surface area contributed by atoms with E-state index < -0.39 is 29.8 Å². The molecule has 1 aromatic heterocycles. The Balaban J connectivity index is 0.000000572. The van der Waals surface area contributed by atoms with Gasteiger partial charge in [-0.2, -0.15) is 26.3 Å². The second-order valence-electron chi connectivity index (χ2n) is 6.91. The largest absolute Gasteiger partial charge is 0.495 e. The molecule has 13 heteroatoms. The third-order valence-electron chi connectivity index (χ3n) is 4.43. The summed E-state index contributed by atoms with van der Waals surface area (Å²) in [7, 11) is 1.54. The highest BCUT2D eigenvalue weighted by Crippen LogP contribution is 2.31. The Kier molecular flexibility index (Phi) is 9.25. The fourth-order valence-electron chi connectivity index (χ4n) is 2.78. The fourth-order valence-corrected chi connectivity index (χ4v) is 2.78. The van der Waals surface area contributed by atoms with Crippen LogP contribution in [0.25, 0.3) is 11.8 Å². The molecule has 0 aliphatic heterocycles. The van der Waals surface area contributed by atoms with E-state index in [-0.39, 0.29) is 12.1 Å². The number of aliphatic carboxylic acids is 1. The number of alkyl halides is 6. The molecule has 0 spiro atoms. The molecular weight excluding hydrogens is 496 g/mol. The summed E-state index contributed by atoms with van der Waals surface area (Å²) in [4.78, 5) is 24.9. The van der Waals surface area contributed by atoms with Crippen LogP contribution in [0, 0.1) is 0 Å². The lowest BCUT2D eigenvalue weighted by atomic mass is 10.1. The first-order valence-corrected chi connectivity index (χ1v) is 9.90. The summed E-state index contributed by atoms with van der Waals surface area (Å²) in [6, 6.07) is 10.5. The number of nitrogens with one attached hydrogen (secondary N) is 1. The summed E-state index contributed by atoms with van der Waals surface area (Å²) < 4.78 is 77.9. The Morgan fingerprint density at radius 2 is 1.78 bits per heavy atom. The van der Waals surface area contributed by atoms with Crippen molar-refractivity contribution in [2.75, 3.05) is 7.11 Å². The monoisotopic (exact) mass is 515 g/mol. The van der Waals surface area contributed by atoms with Crippen molar-refractivity contribution in [1.29, 1.82) is 0 Å². The molecule has 0 saturated heterocycles. The summed E-state index contributed by atoms with van der Waals surface area (Å²) in [5, 5.41) is 9.60. The van der Waals surface area contributed by atoms with Crippen molar-refractivity contribution in [3.05, 3.63) is 84.0 Å². The van der Waals surface area contributed by atoms with Crippen LogP contribution in [-0.2, 0) is 22.3 Å². The second kappa shape index (κ2) is 11.9. The summed E-state index contributed by atoms with van der Waals surface area (Å²) >= 11 is 0. The van der Waals surface area contributed by atoms with Gasteiger partial charge in [0, 0.05) is 25.0 Å². The molecule has 0 aliphatic carbocycles. The van der Waals surface area contributed by atoms with E-state index in [4.69, 9.17) is 14.6 Å². The minimum absolute atomic E-state index is 0.00750. The third kappa shape index (κ3) is 8.18. The van der Waals surface area contributed by atoms with Crippen molar-refractivity contribution < 1.29 is 45.8 Å². The van der Waals surface area contributed by atoms with Gasteiger partial charge in [-0.25, -0.2) is 9.78 Å². The van der Waals surface area contributed by atoms with E-state index in [1.54, 1.807) is 41.5 Å². The molecule has 0 bridgehead atoms. The Morgan fingerprint density at radius 3 is 2.33 bits per heavy atom. The fraction of sp³-hybridized carbons (Fsp3) is 0.174. The van der Waals surface area contributed by atoms with Crippen molar-refractivity contribution in [2.24, 2.45) is 0 Å². The topological polar surface area (TPSA) is 93.5 Å². The van der Waals surface area contributed by atoms with E-state index in [1.807, 2.05) is 6.07 Å². The minimum Gasteiger partial charge on any atom is -0.495 e. The summed E-state index contributed by atoms with van der Waals surface area (Å²) in [5.74, 6) is -2.67. The van der Waals surface area contributed by atoms with Crippen molar-refractivity contribution in [1.82, 2.24) is 14.9 Å². The summed E-state index contributed by atoms with van der Waals surface area (Å²) in [5.41, 5.74) is 0.740. The molecule has 2 N–H and O–H groups in total. The first kappa shape index (κ1) is 28.0. The SMILES string of the molecule is COc1cc(/C=C/C(=O)NCc2ccccc2C(F)(F)F)ccc1-n1ccnc1.O=C(O)C(F)(F)F. The van der Waals surface area contributed by atoms with Crippen LogP contribution in [0.1, 0.15) is 16.7 Å². The lowest BCUT2D eigenvalue weighted by Gasteiger charge is -2.12. The van der Waals surface area contributed by atoms with E-state index >= 15 is 0 Å². The van der Waals surface area contributed by atoms with Gasteiger partial charge < -0.3 is 19.7 Å². The molecule has 0 saturated carbocycles. The van der Waals surface area contributed by atoms with Gasteiger partial charge in [-0.1, -0.05) is 24.3 Å². The highest BCUT2D eigenvalue weighted by Gasteiger charge is 2.38. The second-order valence-corrected chi connectivity index (χ2v) is 6.91. The molecule has 0 atom stereocenters. The maximum absolute atomic E-state index is 13.0. The van der Waals surface area contributed by atoms with Gasteiger partial charge in [0.05, 0.1) is 24.7 Å². The zero-order valence-electron chi connectivity index (χ0n) is 18.5. The maximum atomic E-state index is 13.0. The van der Waals surface area contributed by atoms with Crippen molar-refractivity contribution in [3.8, 4) is 11.4 Å². The number of nitrogens with zero attached hydrogens (tertiary/aromatic N) is 2. The Morgan fingerprint density at radius 1 is 1.11 bits per heavy atom. The summed E-state index contributed by atoms with van der Waals surface area (Å²) in [6.45, 7) is -0.220. The van der Waals surface area contributed by atoms with Crippen LogP contribution >= 0.6 is 0 Å². The van der Waals surface area contributed by atoms with Crippen LogP contribution in [0.4, 0.5) is 26.3 Å². The average Bonchev–Trinajstić information content (AvgIpc) is 3.35. The number of rotatable bonds is 6. The first-order valence-electron chi connectivity index (χ1n) is 9.90. The molecular formula is C23H19F6N3O4. The number of ether oxygens (including phenoxy) is 1. The standard InChI is InChI=1S/C21H18F3N3O2.C2HF3O2/c1-29-19-12-15(6-8-18(19)27-11-10-25-14-27)7-9-20(28)26-13-16-4-2-3-5-17(16)21(22,23)24;3-2(4,5)1(6)7/h2-12,14H,13H2,1H3,(H,26,28);(H,6,7)/b9-7+;. The lowest BCUT2D eigenvalue weighted by molar-refractivity contribution is -0.192. The van der Waals surface area contributed by atoms with Gasteiger partial charge in [-0.3, -0.25) is 4.79 Å². The van der Waals surface area contributed by atoms with Crippen LogP contribution in [-0.4, -0.2) is 39.8 Å². The number of hydrogen-bond acceptors (Lipinski definition) is 4. The molecule has 0 radical (unpaired) electrons. The normalized spacial score (nSPS) is 11.5. The number of benzene rings is 2. The Hall–Kier alpha value is -4.29. The van der Waals surface area contributed by atoms with Gasteiger partial charge in [0.2, 0.25) is 5.91 Å². The number of methoxy groups -OCH3 is 1. The molecule has 192 valence electrons. The van der Waals surface area contributed by atoms with Gasteiger partial charge in [-0.05, 0) is 35.4 Å². The van der Waals surface area contributed by atoms with E-state index in [0.717, 1.165) is 11.8 Å². The number of hydrogen-bond donors (Lipinski definition) is 2. The van der Waals surface area contributed by atoms with Crippen molar-refractivity contribution >= 4 is 18.0 Å². The Labute approximate surface area is 200 Å². The number of amides is 1. The first-order chi connectivity index (χ1) is 16.8. The minimum atomic E-state index is -5.08. The zero-order valence-corrected chi connectivity index (χ0v) is 18.5. The van der Waals surface area contributed by atoms with Crippen molar-refractivity contribution in [3.63, 3.8) is 0 Å². The number of carboxylic acid groups (broad SMARTS) is 1. The average molecular weight is 515 g/mol. The number of carbonyl (C=O) groups excluding carboxylic acids is 1. The molecule has 2 aromatic carbocycles. The summed E-state index contributed by atoms with van der Waals surface area (Å²) in [6.07, 6.45) is -1.66. The molecule has 0 unspecified atom stereocenters. The molecule has 3 rings (SSSR count). The number of aromatic nitrogens is 2. The molecule has 1 amide bonds. The van der Waals surface area contributed by atoms with Crippen LogP contribution in [0.15, 0.2) is 67.3 Å². The molecule has 0 fully saturated rings. The zero-order chi connectivity index (χ0) is 26.9. The predicted molar refractivity (Wildman–Crippen MR) is 116 cm³/mol. The van der Waals surface area contributed by atoms with Gasteiger partial charge in [0.25, 0.3) is 0 Å². The van der Waals surface area contributed by atoms with Gasteiger partial charge in [0.15, 0.2) is 0 Å². The molecule has 0 aliphatic rings. The number of imidazole rings is 1. The molecule has 3 aromatic rings.